The maximum atomic E-state index is 11.1. The Kier molecular flexibility index (Phi) is 3.24. The second-order valence-corrected chi connectivity index (χ2v) is 3.91. The first-order valence-electron chi connectivity index (χ1n) is 5.02. The number of carbonyl (C=O) groups is 1. The lowest BCUT2D eigenvalue weighted by molar-refractivity contribution is -0.384. The summed E-state index contributed by atoms with van der Waals surface area (Å²) in [6, 6.07) is 0.873. The number of fused-ring (bicyclic) bond motifs is 1. The van der Waals surface area contributed by atoms with E-state index in [9.17, 15) is 14.9 Å². The van der Waals surface area contributed by atoms with E-state index in [1.54, 1.807) is 0 Å². The molecule has 8 heteroatoms. The molecule has 1 aliphatic heterocycles. The molecule has 1 aromatic carbocycles. The highest BCUT2D eigenvalue weighted by molar-refractivity contribution is 6.34. The fourth-order valence-electron chi connectivity index (χ4n) is 1.58. The van der Waals surface area contributed by atoms with Gasteiger partial charge in [0.15, 0.2) is 16.5 Å². The van der Waals surface area contributed by atoms with E-state index in [0.717, 1.165) is 6.07 Å². The van der Waals surface area contributed by atoms with Crippen LogP contribution in [0.4, 0.5) is 5.69 Å². The van der Waals surface area contributed by atoms with Crippen LogP contribution in [0.15, 0.2) is 6.07 Å². The third kappa shape index (κ3) is 2.04. The van der Waals surface area contributed by atoms with Gasteiger partial charge in [0.1, 0.15) is 5.56 Å². The second-order valence-electron chi connectivity index (χ2n) is 3.53. The number of ether oxygens (including phenoxy) is 2. The maximum Gasteiger partial charge on any atom is 0.339 e. The van der Waals surface area contributed by atoms with Crippen LogP contribution in [0.3, 0.4) is 0 Å². The number of carboxylic acid groups (broad SMARTS) is 1. The Morgan fingerprint density at radius 2 is 2.00 bits per heavy atom. The van der Waals surface area contributed by atoms with E-state index >= 15 is 0 Å². The van der Waals surface area contributed by atoms with Crippen molar-refractivity contribution in [1.82, 2.24) is 0 Å². The Bertz CT molecular complexity index is 530. The molecule has 96 valence electrons. The van der Waals surface area contributed by atoms with Crippen LogP contribution in [0.2, 0.25) is 5.02 Å². The Morgan fingerprint density at radius 1 is 1.39 bits per heavy atom. The lowest BCUT2D eigenvalue weighted by Gasteiger charge is -2.11. The van der Waals surface area contributed by atoms with Crippen molar-refractivity contribution in [1.29, 1.82) is 0 Å². The molecule has 0 unspecified atom stereocenters. The molecule has 18 heavy (non-hydrogen) atoms. The van der Waals surface area contributed by atoms with E-state index in [-0.39, 0.29) is 35.3 Å². The smallest absolute Gasteiger partial charge is 0.339 e. The number of hydrogen-bond acceptors (Lipinski definition) is 5. The van der Waals surface area contributed by atoms with Crippen LogP contribution < -0.4 is 9.47 Å². The van der Waals surface area contributed by atoms with Crippen molar-refractivity contribution in [3.8, 4) is 11.5 Å². The van der Waals surface area contributed by atoms with Gasteiger partial charge in [0, 0.05) is 12.5 Å². The standard InChI is InChI=1S/C10H8ClNO6/c11-7-6(12(15)16)4-5(10(13)14)8-9(7)18-3-1-2-17-8/h4H,1-3H2,(H,13,14). The van der Waals surface area contributed by atoms with E-state index in [2.05, 4.69) is 0 Å². The zero-order valence-corrected chi connectivity index (χ0v) is 9.77. The number of hydrogen-bond donors (Lipinski definition) is 1. The van der Waals surface area contributed by atoms with Crippen LogP contribution in [0.1, 0.15) is 16.8 Å². The van der Waals surface area contributed by atoms with Gasteiger partial charge in [0.2, 0.25) is 0 Å². The van der Waals surface area contributed by atoms with Crippen LogP contribution in [0.5, 0.6) is 11.5 Å². The van der Waals surface area contributed by atoms with Gasteiger partial charge < -0.3 is 14.6 Å². The number of nitrogens with zero attached hydrogens (tertiary/aromatic N) is 1. The van der Waals surface area contributed by atoms with Crippen molar-refractivity contribution >= 4 is 23.3 Å². The fraction of sp³-hybridized carbons (Fsp3) is 0.300. The van der Waals surface area contributed by atoms with Crippen LogP contribution in [-0.4, -0.2) is 29.2 Å². The average Bonchev–Trinajstić information content (AvgIpc) is 2.54. The molecule has 1 aromatic rings. The first-order valence-corrected chi connectivity index (χ1v) is 5.40. The minimum Gasteiger partial charge on any atom is -0.489 e. The second kappa shape index (κ2) is 4.69. The number of carboxylic acids is 1. The van der Waals surface area contributed by atoms with Crippen LogP contribution in [0, 0.1) is 10.1 Å². The van der Waals surface area contributed by atoms with E-state index in [0.29, 0.717) is 6.42 Å². The Hall–Kier alpha value is -2.02. The molecule has 0 saturated carbocycles. The van der Waals surface area contributed by atoms with Crippen LogP contribution in [-0.2, 0) is 0 Å². The summed E-state index contributed by atoms with van der Waals surface area (Å²) in [5.41, 5.74) is -0.846. The van der Waals surface area contributed by atoms with Crippen molar-refractivity contribution in [3.05, 3.63) is 26.8 Å². The van der Waals surface area contributed by atoms with E-state index < -0.39 is 16.6 Å². The molecule has 0 spiro atoms. The molecule has 0 radical (unpaired) electrons. The highest BCUT2D eigenvalue weighted by Gasteiger charge is 2.29. The summed E-state index contributed by atoms with van der Waals surface area (Å²) in [7, 11) is 0. The van der Waals surface area contributed by atoms with Gasteiger partial charge in [-0.25, -0.2) is 4.79 Å². The van der Waals surface area contributed by atoms with Crippen molar-refractivity contribution in [2.75, 3.05) is 13.2 Å². The molecule has 0 saturated heterocycles. The molecule has 0 bridgehead atoms. The largest absolute Gasteiger partial charge is 0.489 e. The van der Waals surface area contributed by atoms with Gasteiger partial charge in [-0.15, -0.1) is 0 Å². The number of nitro groups is 1. The SMILES string of the molecule is O=C(O)c1cc([N+](=O)[O-])c(Cl)c2c1OCCCO2. The molecule has 0 atom stereocenters. The van der Waals surface area contributed by atoms with Crippen molar-refractivity contribution in [2.45, 2.75) is 6.42 Å². The molecule has 1 N–H and O–H groups in total. The molecule has 0 fully saturated rings. The number of rotatable bonds is 2. The van der Waals surface area contributed by atoms with Gasteiger partial charge in [-0.2, -0.15) is 0 Å². The fourth-order valence-corrected chi connectivity index (χ4v) is 1.84. The molecule has 0 aromatic heterocycles. The molecular weight excluding hydrogens is 266 g/mol. The highest BCUT2D eigenvalue weighted by atomic mass is 35.5. The number of benzene rings is 1. The topological polar surface area (TPSA) is 98.9 Å². The predicted molar refractivity (Wildman–Crippen MR) is 60.7 cm³/mol. The molecule has 1 heterocycles. The minimum atomic E-state index is -1.34. The minimum absolute atomic E-state index is 0.0596. The Morgan fingerprint density at radius 3 is 2.56 bits per heavy atom. The van der Waals surface area contributed by atoms with Crippen molar-refractivity contribution in [3.63, 3.8) is 0 Å². The zero-order valence-electron chi connectivity index (χ0n) is 9.01. The third-order valence-corrected chi connectivity index (χ3v) is 2.73. The van der Waals surface area contributed by atoms with Crippen molar-refractivity contribution in [2.24, 2.45) is 0 Å². The summed E-state index contributed by atoms with van der Waals surface area (Å²) in [5.74, 6) is -1.48. The molecule has 1 aliphatic rings. The van der Waals surface area contributed by atoms with Gasteiger partial charge in [-0.3, -0.25) is 10.1 Å². The first kappa shape index (κ1) is 12.4. The van der Waals surface area contributed by atoms with Gasteiger partial charge in [0.05, 0.1) is 18.1 Å². The normalized spacial score (nSPS) is 13.8. The number of nitro benzene ring substituents is 1. The lowest BCUT2D eigenvalue weighted by Crippen LogP contribution is -2.05. The maximum absolute atomic E-state index is 11.1. The summed E-state index contributed by atoms with van der Waals surface area (Å²) >= 11 is 5.83. The summed E-state index contributed by atoms with van der Waals surface area (Å²) < 4.78 is 10.5. The number of aromatic carboxylic acids is 1. The summed E-state index contributed by atoms with van der Waals surface area (Å²) in [6.45, 7) is 0.522. The van der Waals surface area contributed by atoms with Gasteiger partial charge >= 0.3 is 5.97 Å². The molecule has 2 rings (SSSR count). The first-order chi connectivity index (χ1) is 8.52. The van der Waals surface area contributed by atoms with E-state index in [1.165, 1.54) is 0 Å². The van der Waals surface area contributed by atoms with Gasteiger partial charge in [0.25, 0.3) is 5.69 Å². The molecular formula is C10H8ClNO6. The van der Waals surface area contributed by atoms with Crippen LogP contribution >= 0.6 is 11.6 Å². The lowest BCUT2D eigenvalue weighted by atomic mass is 10.1. The predicted octanol–water partition coefficient (Wildman–Crippen LogP) is 2.11. The summed E-state index contributed by atoms with van der Waals surface area (Å²) in [5, 5.41) is 19.6. The summed E-state index contributed by atoms with van der Waals surface area (Å²) in [4.78, 5) is 21.1. The molecule has 7 nitrogen and oxygen atoms in total. The monoisotopic (exact) mass is 273 g/mol. The van der Waals surface area contributed by atoms with Gasteiger partial charge in [-0.1, -0.05) is 11.6 Å². The Labute approximate surface area is 106 Å². The zero-order chi connectivity index (χ0) is 13.3. The van der Waals surface area contributed by atoms with E-state index in [4.69, 9.17) is 26.2 Å². The molecule has 0 amide bonds. The number of halogens is 1. The Balaban J connectivity index is 2.71. The summed E-state index contributed by atoms with van der Waals surface area (Å²) in [6.07, 6.45) is 0.540. The quantitative estimate of drug-likeness (QED) is 0.654. The highest BCUT2D eigenvalue weighted by Crippen LogP contribution is 2.45. The van der Waals surface area contributed by atoms with Crippen LogP contribution in [0.25, 0.3) is 0 Å². The van der Waals surface area contributed by atoms with Crippen molar-refractivity contribution < 1.29 is 24.3 Å². The van der Waals surface area contributed by atoms with E-state index in [1.807, 2.05) is 0 Å². The average molecular weight is 274 g/mol. The third-order valence-electron chi connectivity index (χ3n) is 2.36. The van der Waals surface area contributed by atoms with Gasteiger partial charge in [-0.05, 0) is 0 Å². The molecule has 0 aliphatic carbocycles.